The van der Waals surface area contributed by atoms with Gasteiger partial charge in [-0.25, -0.2) is 4.98 Å². The van der Waals surface area contributed by atoms with Crippen LogP contribution in [0.15, 0.2) is 11.6 Å². The number of carbonyl (C=O) groups is 2. The van der Waals surface area contributed by atoms with Gasteiger partial charge in [-0.05, 0) is 7.05 Å². The van der Waals surface area contributed by atoms with Crippen molar-refractivity contribution in [2.24, 2.45) is 0 Å². The molecule has 100 valence electrons. The number of thiazole rings is 1. The van der Waals surface area contributed by atoms with Gasteiger partial charge in [-0.15, -0.1) is 11.3 Å². The van der Waals surface area contributed by atoms with Crippen molar-refractivity contribution in [3.8, 4) is 0 Å². The summed E-state index contributed by atoms with van der Waals surface area (Å²) in [5, 5.41) is 7.33. The smallest absolute Gasteiger partial charge is 0.246 e. The van der Waals surface area contributed by atoms with Crippen LogP contribution in [-0.2, 0) is 16.1 Å². The van der Waals surface area contributed by atoms with Crippen molar-refractivity contribution in [2.75, 3.05) is 25.0 Å². The molecule has 2 aromatic rings. The summed E-state index contributed by atoms with van der Waals surface area (Å²) in [4.78, 5) is 30.0. The Labute approximate surface area is 113 Å². The Balaban J connectivity index is 2.03. The predicted molar refractivity (Wildman–Crippen MR) is 71.2 cm³/mol. The number of fused-ring (bicyclic) bond motifs is 1. The molecule has 1 aliphatic rings. The third-order valence-electron chi connectivity index (χ3n) is 2.93. The van der Waals surface area contributed by atoms with E-state index in [2.05, 4.69) is 15.6 Å². The van der Waals surface area contributed by atoms with Gasteiger partial charge in [0.15, 0.2) is 10.8 Å². The lowest BCUT2D eigenvalue weighted by atomic mass is 10.3. The monoisotopic (exact) mass is 279 g/mol. The van der Waals surface area contributed by atoms with E-state index < -0.39 is 0 Å². The second kappa shape index (κ2) is 4.63. The molecule has 0 aromatic carbocycles. The molecular formula is C11H13N5O2S. The van der Waals surface area contributed by atoms with Crippen LogP contribution in [-0.4, -0.2) is 41.3 Å². The molecular weight excluding hydrogens is 266 g/mol. The Morgan fingerprint density at radius 2 is 2.16 bits per heavy atom. The van der Waals surface area contributed by atoms with Gasteiger partial charge in [-0.3, -0.25) is 19.3 Å². The lowest BCUT2D eigenvalue weighted by molar-refractivity contribution is -0.130. The molecule has 7 nitrogen and oxygen atoms in total. The molecule has 0 unspecified atom stereocenters. The van der Waals surface area contributed by atoms with Crippen molar-refractivity contribution in [3.05, 3.63) is 17.3 Å². The van der Waals surface area contributed by atoms with Gasteiger partial charge in [0.25, 0.3) is 0 Å². The number of hydrogen-bond acceptors (Lipinski definition) is 6. The zero-order valence-corrected chi connectivity index (χ0v) is 11.2. The van der Waals surface area contributed by atoms with Crippen LogP contribution in [0.3, 0.4) is 0 Å². The first kappa shape index (κ1) is 12.1. The van der Waals surface area contributed by atoms with Crippen LogP contribution < -0.4 is 15.5 Å². The number of amides is 2. The minimum Gasteiger partial charge on any atom is -0.336 e. The Hall–Kier alpha value is -1.93. The van der Waals surface area contributed by atoms with E-state index in [1.54, 1.807) is 4.90 Å². The number of rotatable bonds is 3. The third kappa shape index (κ3) is 2.08. The van der Waals surface area contributed by atoms with Gasteiger partial charge in [0.1, 0.15) is 0 Å². The average Bonchev–Trinajstić information content (AvgIpc) is 2.90. The molecule has 1 fully saturated rings. The zero-order valence-electron chi connectivity index (χ0n) is 10.3. The molecule has 0 aliphatic carbocycles. The Morgan fingerprint density at radius 3 is 2.84 bits per heavy atom. The summed E-state index contributed by atoms with van der Waals surface area (Å²) in [6.07, 6.45) is 1.94. The van der Waals surface area contributed by atoms with Crippen LogP contribution >= 0.6 is 11.3 Å². The van der Waals surface area contributed by atoms with E-state index in [0.29, 0.717) is 12.4 Å². The number of carbonyl (C=O) groups excluding carboxylic acids is 2. The highest BCUT2D eigenvalue weighted by molar-refractivity contribution is 7.15. The summed E-state index contributed by atoms with van der Waals surface area (Å²) in [7, 11) is 1.85. The minimum absolute atomic E-state index is 0.160. The molecule has 1 aliphatic heterocycles. The SMILES string of the molecule is CNCc1c(N2CC(=O)NC(=O)C2)nc2sccn12. The lowest BCUT2D eigenvalue weighted by Crippen LogP contribution is -2.52. The fraction of sp³-hybridized carbons (Fsp3) is 0.364. The van der Waals surface area contributed by atoms with Gasteiger partial charge in [-0.1, -0.05) is 0 Å². The Morgan fingerprint density at radius 1 is 1.42 bits per heavy atom. The number of nitrogens with one attached hydrogen (secondary N) is 2. The van der Waals surface area contributed by atoms with Gasteiger partial charge in [0.05, 0.1) is 18.8 Å². The summed E-state index contributed by atoms with van der Waals surface area (Å²) in [5.41, 5.74) is 0.959. The summed E-state index contributed by atoms with van der Waals surface area (Å²) in [6.45, 7) is 0.945. The van der Waals surface area contributed by atoms with E-state index in [4.69, 9.17) is 0 Å². The molecule has 0 saturated carbocycles. The van der Waals surface area contributed by atoms with Gasteiger partial charge in [-0.2, -0.15) is 0 Å². The predicted octanol–water partition coefficient (Wildman–Crippen LogP) is -0.422. The van der Waals surface area contributed by atoms with Crippen LogP contribution in [0, 0.1) is 0 Å². The number of imidazole rings is 1. The topological polar surface area (TPSA) is 78.7 Å². The number of piperazine rings is 1. The quantitative estimate of drug-likeness (QED) is 0.746. The van der Waals surface area contributed by atoms with Crippen LogP contribution in [0.4, 0.5) is 5.82 Å². The fourth-order valence-electron chi connectivity index (χ4n) is 2.19. The maximum Gasteiger partial charge on any atom is 0.246 e. The second-order valence-corrected chi connectivity index (χ2v) is 5.17. The molecule has 2 aromatic heterocycles. The highest BCUT2D eigenvalue weighted by Crippen LogP contribution is 2.25. The summed E-state index contributed by atoms with van der Waals surface area (Å²) in [6, 6.07) is 0. The molecule has 3 heterocycles. The number of nitrogens with zero attached hydrogens (tertiary/aromatic N) is 3. The van der Waals surface area contributed by atoms with Crippen molar-refractivity contribution in [1.82, 2.24) is 20.0 Å². The van der Waals surface area contributed by atoms with Crippen LogP contribution in [0.25, 0.3) is 4.96 Å². The molecule has 19 heavy (non-hydrogen) atoms. The third-order valence-corrected chi connectivity index (χ3v) is 3.69. The van der Waals surface area contributed by atoms with Crippen molar-refractivity contribution in [1.29, 1.82) is 0 Å². The largest absolute Gasteiger partial charge is 0.336 e. The number of hydrogen-bond donors (Lipinski definition) is 2. The molecule has 8 heteroatoms. The maximum atomic E-state index is 11.5. The summed E-state index contributed by atoms with van der Waals surface area (Å²) < 4.78 is 1.98. The highest BCUT2D eigenvalue weighted by atomic mass is 32.1. The van der Waals surface area contributed by atoms with Crippen molar-refractivity contribution < 1.29 is 9.59 Å². The first-order valence-electron chi connectivity index (χ1n) is 5.85. The van der Waals surface area contributed by atoms with E-state index in [0.717, 1.165) is 10.7 Å². The standard InChI is InChI=1S/C11H13N5O2S/c1-12-4-7-10(14-11-16(7)2-3-19-11)15-5-8(17)13-9(18)6-15/h2-3,12H,4-6H2,1H3,(H,13,17,18). The van der Waals surface area contributed by atoms with Crippen molar-refractivity contribution in [2.45, 2.75) is 6.54 Å². The zero-order chi connectivity index (χ0) is 13.4. The second-order valence-electron chi connectivity index (χ2n) is 4.30. The van der Waals surface area contributed by atoms with Crippen LogP contribution in [0.1, 0.15) is 5.69 Å². The van der Waals surface area contributed by atoms with Gasteiger partial charge >= 0.3 is 0 Å². The maximum absolute atomic E-state index is 11.5. The van der Waals surface area contributed by atoms with Gasteiger partial charge in [0, 0.05) is 18.1 Å². The molecule has 1 saturated heterocycles. The van der Waals surface area contributed by atoms with E-state index in [1.807, 2.05) is 23.0 Å². The average molecular weight is 279 g/mol. The van der Waals surface area contributed by atoms with Gasteiger partial charge < -0.3 is 10.2 Å². The molecule has 3 rings (SSSR count). The molecule has 2 amide bonds. The molecule has 0 spiro atoms. The number of aromatic nitrogens is 2. The Kier molecular flexibility index (Phi) is 2.96. The molecule has 2 N–H and O–H groups in total. The van der Waals surface area contributed by atoms with E-state index in [-0.39, 0.29) is 24.9 Å². The van der Waals surface area contributed by atoms with E-state index in [9.17, 15) is 9.59 Å². The summed E-state index contributed by atoms with van der Waals surface area (Å²) in [5.74, 6) is 0.121. The van der Waals surface area contributed by atoms with E-state index >= 15 is 0 Å². The molecule has 0 atom stereocenters. The van der Waals surface area contributed by atoms with Crippen LogP contribution in [0.5, 0.6) is 0 Å². The number of anilines is 1. The van der Waals surface area contributed by atoms with Crippen molar-refractivity contribution in [3.63, 3.8) is 0 Å². The first-order valence-corrected chi connectivity index (χ1v) is 6.73. The summed E-state index contributed by atoms with van der Waals surface area (Å²) >= 11 is 1.53. The first-order chi connectivity index (χ1) is 9.19. The van der Waals surface area contributed by atoms with E-state index in [1.165, 1.54) is 11.3 Å². The molecule has 0 radical (unpaired) electrons. The molecule has 0 bridgehead atoms. The fourth-order valence-corrected chi connectivity index (χ4v) is 2.92. The van der Waals surface area contributed by atoms with Crippen LogP contribution in [0.2, 0.25) is 0 Å². The highest BCUT2D eigenvalue weighted by Gasteiger charge is 2.27. The normalized spacial score (nSPS) is 16.2. The van der Waals surface area contributed by atoms with Gasteiger partial charge in [0.2, 0.25) is 11.8 Å². The lowest BCUT2D eigenvalue weighted by Gasteiger charge is -2.26. The Bertz CT molecular complexity index is 631. The number of imide groups is 1. The minimum atomic E-state index is -0.289. The van der Waals surface area contributed by atoms with Crippen molar-refractivity contribution >= 4 is 33.9 Å².